The number of nitro groups is 1. The Balaban J connectivity index is 3.38. The Kier molecular flexibility index (Phi) is 3.45. The fourth-order valence-electron chi connectivity index (χ4n) is 1.25. The van der Waals surface area contributed by atoms with Gasteiger partial charge in [-0.25, -0.2) is 8.78 Å². The van der Waals surface area contributed by atoms with E-state index in [1.807, 2.05) is 0 Å². The summed E-state index contributed by atoms with van der Waals surface area (Å²) in [6.45, 7) is 1.27. The van der Waals surface area contributed by atoms with E-state index in [0.717, 1.165) is 6.07 Å². The van der Waals surface area contributed by atoms with Crippen LogP contribution in [-0.2, 0) is 6.42 Å². The van der Waals surface area contributed by atoms with Crippen molar-refractivity contribution in [2.45, 2.75) is 19.8 Å². The maximum atomic E-state index is 12.5. The molecule has 1 rings (SSSR count). The highest BCUT2D eigenvalue weighted by molar-refractivity contribution is 5.40. The van der Waals surface area contributed by atoms with Gasteiger partial charge in [0, 0.05) is 6.92 Å². The van der Waals surface area contributed by atoms with Crippen LogP contribution in [0.5, 0.6) is 0 Å². The predicted molar refractivity (Wildman–Crippen MR) is 49.9 cm³/mol. The summed E-state index contributed by atoms with van der Waals surface area (Å²) in [4.78, 5) is 13.3. The minimum absolute atomic E-state index is 0.0894. The van der Waals surface area contributed by atoms with Gasteiger partial charge in [-0.3, -0.25) is 0 Å². The highest BCUT2D eigenvalue weighted by Gasteiger charge is 2.23. The third-order valence-electron chi connectivity index (χ3n) is 1.99. The molecule has 0 N–H and O–H groups in total. The average Bonchev–Trinajstić information content (AvgIpc) is 2.19. The molecule has 0 radical (unpaired) electrons. The summed E-state index contributed by atoms with van der Waals surface area (Å²) in [6.07, 6.45) is -3.07. The maximum Gasteiger partial charge on any atom is 0.367 e. The molecule has 0 amide bonds. The van der Waals surface area contributed by atoms with Gasteiger partial charge in [0.25, 0.3) is 6.43 Å². The molecule has 0 saturated heterocycles. The van der Waals surface area contributed by atoms with Gasteiger partial charge in [-0.15, -0.1) is 0 Å². The Morgan fingerprint density at radius 3 is 2.75 bits per heavy atom. The smallest absolute Gasteiger partial charge is 0.358 e. The van der Waals surface area contributed by atoms with Crippen LogP contribution in [0, 0.1) is 28.4 Å². The molecule has 0 saturated carbocycles. The number of alkyl halides is 2. The lowest BCUT2D eigenvalue weighted by Crippen LogP contribution is -2.03. The van der Waals surface area contributed by atoms with Crippen molar-refractivity contribution in [2.24, 2.45) is 0 Å². The molecule has 1 aromatic rings. The third kappa shape index (κ3) is 2.28. The first-order valence-corrected chi connectivity index (χ1v) is 4.27. The van der Waals surface area contributed by atoms with Crippen LogP contribution in [0.25, 0.3) is 0 Å². The van der Waals surface area contributed by atoms with Gasteiger partial charge in [0.2, 0.25) is 0 Å². The van der Waals surface area contributed by atoms with Crippen molar-refractivity contribution in [2.75, 3.05) is 0 Å². The Hall–Kier alpha value is -2.10. The predicted octanol–water partition coefficient (Wildman–Crippen LogP) is 2.30. The molecule has 0 aliphatic carbocycles. The molecule has 7 heteroatoms. The Morgan fingerprint density at radius 2 is 2.31 bits per heavy atom. The lowest BCUT2D eigenvalue weighted by atomic mass is 10.1. The van der Waals surface area contributed by atoms with E-state index < -0.39 is 17.2 Å². The molecular weight excluding hydrogens is 220 g/mol. The van der Waals surface area contributed by atoms with E-state index >= 15 is 0 Å². The van der Waals surface area contributed by atoms with E-state index in [4.69, 9.17) is 5.26 Å². The van der Waals surface area contributed by atoms with Gasteiger partial charge in [0.1, 0.15) is 0 Å². The van der Waals surface area contributed by atoms with E-state index in [9.17, 15) is 18.9 Å². The highest BCUT2D eigenvalue weighted by Crippen LogP contribution is 2.27. The quantitative estimate of drug-likeness (QED) is 0.586. The highest BCUT2D eigenvalue weighted by atomic mass is 19.3. The SMILES string of the molecule is Cc1nc([N+](=O)[O-])c(CC#N)cc1C(F)F. The van der Waals surface area contributed by atoms with Crippen LogP contribution in [0.4, 0.5) is 14.6 Å². The average molecular weight is 227 g/mol. The van der Waals surface area contributed by atoms with E-state index in [1.165, 1.54) is 6.92 Å². The Labute approximate surface area is 89.5 Å². The Bertz CT molecular complexity index is 469. The van der Waals surface area contributed by atoms with Crippen LogP contribution < -0.4 is 0 Å². The van der Waals surface area contributed by atoms with Crippen molar-refractivity contribution in [3.63, 3.8) is 0 Å². The van der Waals surface area contributed by atoms with Crippen molar-refractivity contribution in [1.29, 1.82) is 5.26 Å². The fourth-order valence-corrected chi connectivity index (χ4v) is 1.25. The van der Waals surface area contributed by atoms with Crippen molar-refractivity contribution in [1.82, 2.24) is 4.98 Å². The number of hydrogen-bond donors (Lipinski definition) is 0. The summed E-state index contributed by atoms with van der Waals surface area (Å²) in [5, 5.41) is 19.0. The number of aromatic nitrogens is 1. The second kappa shape index (κ2) is 4.61. The van der Waals surface area contributed by atoms with Crippen LogP contribution in [-0.4, -0.2) is 9.91 Å². The maximum absolute atomic E-state index is 12.5. The first-order chi connectivity index (χ1) is 7.47. The van der Waals surface area contributed by atoms with Crippen LogP contribution >= 0.6 is 0 Å². The molecule has 0 aliphatic rings. The molecule has 1 heterocycles. The summed E-state index contributed by atoms with van der Waals surface area (Å²) in [5.41, 5.74) is -0.562. The molecule has 84 valence electrons. The molecule has 0 aromatic carbocycles. The molecular formula is C9H7F2N3O2. The van der Waals surface area contributed by atoms with E-state index in [0.29, 0.717) is 0 Å². The van der Waals surface area contributed by atoms with Crippen LogP contribution in [0.15, 0.2) is 6.07 Å². The molecule has 0 aliphatic heterocycles. The van der Waals surface area contributed by atoms with Gasteiger partial charge in [0.15, 0.2) is 5.69 Å². The van der Waals surface area contributed by atoms with Crippen molar-refractivity contribution in [3.8, 4) is 6.07 Å². The number of nitriles is 1. The monoisotopic (exact) mass is 227 g/mol. The van der Waals surface area contributed by atoms with Crippen LogP contribution in [0.3, 0.4) is 0 Å². The lowest BCUT2D eigenvalue weighted by Gasteiger charge is -2.04. The third-order valence-corrected chi connectivity index (χ3v) is 1.99. The normalized spacial score (nSPS) is 10.2. The molecule has 0 bridgehead atoms. The summed E-state index contributed by atoms with van der Waals surface area (Å²) in [5.74, 6) is -0.538. The minimum Gasteiger partial charge on any atom is -0.358 e. The minimum atomic E-state index is -2.76. The van der Waals surface area contributed by atoms with Crippen molar-refractivity contribution >= 4 is 5.82 Å². The van der Waals surface area contributed by atoms with Crippen molar-refractivity contribution < 1.29 is 13.7 Å². The zero-order valence-corrected chi connectivity index (χ0v) is 8.28. The van der Waals surface area contributed by atoms with E-state index in [1.54, 1.807) is 6.07 Å². The molecule has 0 spiro atoms. The van der Waals surface area contributed by atoms with Gasteiger partial charge in [0.05, 0.1) is 23.6 Å². The standard InChI is InChI=1S/C9H7F2N3O2/c1-5-7(8(10)11)4-6(2-3-12)9(13-5)14(15)16/h4,8H,2H2,1H3. The largest absolute Gasteiger partial charge is 0.367 e. The molecule has 0 fully saturated rings. The van der Waals surface area contributed by atoms with Crippen LogP contribution in [0.2, 0.25) is 0 Å². The fraction of sp³-hybridized carbons (Fsp3) is 0.333. The van der Waals surface area contributed by atoms with E-state index in [-0.39, 0.29) is 23.2 Å². The summed E-state index contributed by atoms with van der Waals surface area (Å²) in [6, 6.07) is 2.64. The van der Waals surface area contributed by atoms with Gasteiger partial charge < -0.3 is 10.1 Å². The van der Waals surface area contributed by atoms with Crippen LogP contribution in [0.1, 0.15) is 23.2 Å². The lowest BCUT2D eigenvalue weighted by molar-refractivity contribution is -0.390. The summed E-state index contributed by atoms with van der Waals surface area (Å²) < 4.78 is 25.0. The molecule has 0 atom stereocenters. The summed E-state index contributed by atoms with van der Waals surface area (Å²) in [7, 11) is 0. The topological polar surface area (TPSA) is 79.8 Å². The molecule has 5 nitrogen and oxygen atoms in total. The number of pyridine rings is 1. The van der Waals surface area contributed by atoms with E-state index in [2.05, 4.69) is 4.98 Å². The second-order valence-electron chi connectivity index (χ2n) is 3.04. The van der Waals surface area contributed by atoms with Gasteiger partial charge in [-0.05, 0) is 16.0 Å². The van der Waals surface area contributed by atoms with Gasteiger partial charge in [-0.2, -0.15) is 5.26 Å². The molecule has 1 aromatic heterocycles. The van der Waals surface area contributed by atoms with Gasteiger partial charge in [-0.1, -0.05) is 0 Å². The molecule has 16 heavy (non-hydrogen) atoms. The second-order valence-corrected chi connectivity index (χ2v) is 3.04. The Morgan fingerprint density at radius 1 is 1.69 bits per heavy atom. The summed E-state index contributed by atoms with van der Waals surface area (Å²) >= 11 is 0. The van der Waals surface area contributed by atoms with Crippen molar-refractivity contribution in [3.05, 3.63) is 33.0 Å². The molecule has 0 unspecified atom stereocenters. The first kappa shape index (κ1) is 12.0. The number of aryl methyl sites for hydroxylation is 1. The zero-order valence-electron chi connectivity index (χ0n) is 8.28. The number of nitrogens with zero attached hydrogens (tertiary/aromatic N) is 3. The number of rotatable bonds is 3. The van der Waals surface area contributed by atoms with Gasteiger partial charge >= 0.3 is 5.82 Å². The number of halogens is 2. The first-order valence-electron chi connectivity index (χ1n) is 4.27. The zero-order chi connectivity index (χ0) is 12.3. The number of hydrogen-bond acceptors (Lipinski definition) is 4.